The van der Waals surface area contributed by atoms with Crippen LogP contribution in [0.4, 0.5) is 5.13 Å². The molecule has 0 unspecified atom stereocenters. The Balaban J connectivity index is 2.24. The largest absolute Gasteiger partial charge is 0.508 e. The summed E-state index contributed by atoms with van der Waals surface area (Å²) in [6, 6.07) is 4.15. The second-order valence-corrected chi connectivity index (χ2v) is 4.10. The number of carbonyl (C=O) groups excluding carboxylic acids is 1. The molecular formula is C9H6ClN3O2S. The van der Waals surface area contributed by atoms with E-state index in [9.17, 15) is 9.90 Å². The van der Waals surface area contributed by atoms with E-state index in [2.05, 4.69) is 15.5 Å². The Bertz CT molecular complexity index is 515. The van der Waals surface area contributed by atoms with Crippen molar-refractivity contribution in [2.24, 2.45) is 0 Å². The van der Waals surface area contributed by atoms with E-state index in [1.807, 2.05) is 0 Å². The lowest BCUT2D eigenvalue weighted by Crippen LogP contribution is -2.12. The summed E-state index contributed by atoms with van der Waals surface area (Å²) in [4.78, 5) is 11.7. The van der Waals surface area contributed by atoms with Crippen molar-refractivity contribution >= 4 is 34.0 Å². The first kappa shape index (κ1) is 10.8. The van der Waals surface area contributed by atoms with E-state index >= 15 is 0 Å². The molecule has 0 spiro atoms. The average Bonchev–Trinajstić information content (AvgIpc) is 2.74. The second kappa shape index (κ2) is 4.46. The Morgan fingerprint density at radius 3 is 3.00 bits per heavy atom. The number of anilines is 1. The summed E-state index contributed by atoms with van der Waals surface area (Å²) in [5.41, 5.74) is 1.69. The van der Waals surface area contributed by atoms with Gasteiger partial charge in [-0.2, -0.15) is 0 Å². The molecule has 5 nitrogen and oxygen atoms in total. The Morgan fingerprint density at radius 2 is 2.31 bits per heavy atom. The quantitative estimate of drug-likeness (QED) is 0.862. The van der Waals surface area contributed by atoms with Crippen molar-refractivity contribution < 1.29 is 9.90 Å². The van der Waals surface area contributed by atoms with Crippen molar-refractivity contribution in [2.45, 2.75) is 0 Å². The van der Waals surface area contributed by atoms with Crippen LogP contribution >= 0.6 is 22.9 Å². The molecule has 0 bridgehead atoms. The lowest BCUT2D eigenvalue weighted by Gasteiger charge is -2.03. The topological polar surface area (TPSA) is 75.1 Å². The van der Waals surface area contributed by atoms with Crippen molar-refractivity contribution in [1.82, 2.24) is 10.2 Å². The molecule has 2 aromatic rings. The van der Waals surface area contributed by atoms with Crippen molar-refractivity contribution in [2.75, 3.05) is 5.32 Å². The predicted molar refractivity (Wildman–Crippen MR) is 61.0 cm³/mol. The fraction of sp³-hybridized carbons (Fsp3) is 0. The summed E-state index contributed by atoms with van der Waals surface area (Å²) < 4.78 is 0. The van der Waals surface area contributed by atoms with Crippen LogP contribution in [-0.4, -0.2) is 21.2 Å². The third-order valence-electron chi connectivity index (χ3n) is 1.78. The molecule has 7 heteroatoms. The van der Waals surface area contributed by atoms with E-state index in [-0.39, 0.29) is 16.3 Å². The van der Waals surface area contributed by atoms with Crippen LogP contribution in [0.1, 0.15) is 10.4 Å². The Kier molecular flexibility index (Phi) is 3.02. The van der Waals surface area contributed by atoms with E-state index in [4.69, 9.17) is 11.6 Å². The van der Waals surface area contributed by atoms with Gasteiger partial charge < -0.3 is 5.11 Å². The van der Waals surface area contributed by atoms with Crippen LogP contribution in [-0.2, 0) is 0 Å². The van der Waals surface area contributed by atoms with Crippen LogP contribution in [0.3, 0.4) is 0 Å². The molecule has 0 aliphatic rings. The molecule has 0 saturated heterocycles. The van der Waals surface area contributed by atoms with Crippen LogP contribution in [0.2, 0.25) is 5.02 Å². The highest BCUT2D eigenvalue weighted by Gasteiger charge is 2.12. The fourth-order valence-corrected chi connectivity index (χ4v) is 1.72. The minimum Gasteiger partial charge on any atom is -0.508 e. The molecule has 0 aliphatic carbocycles. The van der Waals surface area contributed by atoms with Gasteiger partial charge in [-0.3, -0.25) is 10.1 Å². The number of amides is 1. The van der Waals surface area contributed by atoms with E-state index in [1.165, 1.54) is 35.0 Å². The summed E-state index contributed by atoms with van der Waals surface area (Å²) in [6.07, 6.45) is 0. The number of aromatic hydroxyl groups is 1. The summed E-state index contributed by atoms with van der Waals surface area (Å²) in [5, 5.41) is 19.7. The monoisotopic (exact) mass is 255 g/mol. The first-order valence-electron chi connectivity index (χ1n) is 4.23. The van der Waals surface area contributed by atoms with E-state index in [0.717, 1.165) is 0 Å². The number of phenols is 1. The summed E-state index contributed by atoms with van der Waals surface area (Å²) in [5.74, 6) is -0.454. The zero-order valence-electron chi connectivity index (χ0n) is 7.85. The Labute approximate surface area is 99.7 Å². The van der Waals surface area contributed by atoms with Crippen LogP contribution in [0.25, 0.3) is 0 Å². The summed E-state index contributed by atoms with van der Waals surface area (Å²) >= 11 is 7.02. The Hall–Kier alpha value is -1.66. The van der Waals surface area contributed by atoms with Crippen molar-refractivity contribution in [3.8, 4) is 5.75 Å². The third-order valence-corrected chi connectivity index (χ3v) is 2.71. The number of carbonyl (C=O) groups is 1. The first-order chi connectivity index (χ1) is 7.66. The maximum Gasteiger partial charge on any atom is 0.259 e. The van der Waals surface area contributed by atoms with Gasteiger partial charge in [0.2, 0.25) is 5.13 Å². The SMILES string of the molecule is O=C(Nc1nncs1)c1cc(O)ccc1Cl. The minimum atomic E-state index is -0.433. The maximum atomic E-state index is 11.7. The Morgan fingerprint density at radius 1 is 1.50 bits per heavy atom. The van der Waals surface area contributed by atoms with Crippen LogP contribution in [0.15, 0.2) is 23.7 Å². The van der Waals surface area contributed by atoms with Crippen LogP contribution < -0.4 is 5.32 Å². The third kappa shape index (κ3) is 2.29. The number of nitrogens with one attached hydrogen (secondary N) is 1. The second-order valence-electron chi connectivity index (χ2n) is 2.86. The van der Waals surface area contributed by atoms with Crippen molar-refractivity contribution in [1.29, 1.82) is 0 Å². The molecule has 2 rings (SSSR count). The van der Waals surface area contributed by atoms with Crippen molar-refractivity contribution in [3.05, 3.63) is 34.3 Å². The number of hydrogen-bond donors (Lipinski definition) is 2. The molecule has 0 fully saturated rings. The number of aromatic nitrogens is 2. The van der Waals surface area contributed by atoms with Gasteiger partial charge in [-0.05, 0) is 18.2 Å². The molecule has 2 N–H and O–H groups in total. The molecule has 0 radical (unpaired) electrons. The number of rotatable bonds is 2. The fourth-order valence-electron chi connectivity index (χ4n) is 1.08. The predicted octanol–water partition coefficient (Wildman–Crippen LogP) is 2.15. The van der Waals surface area contributed by atoms with Gasteiger partial charge in [0.1, 0.15) is 11.3 Å². The van der Waals surface area contributed by atoms with Gasteiger partial charge in [0.05, 0.1) is 10.6 Å². The summed E-state index contributed by atoms with van der Waals surface area (Å²) in [6.45, 7) is 0. The first-order valence-corrected chi connectivity index (χ1v) is 5.48. The molecule has 1 heterocycles. The summed E-state index contributed by atoms with van der Waals surface area (Å²) in [7, 11) is 0. The lowest BCUT2D eigenvalue weighted by atomic mass is 10.2. The maximum absolute atomic E-state index is 11.7. The number of hydrogen-bond acceptors (Lipinski definition) is 5. The van der Waals surface area contributed by atoms with Gasteiger partial charge >= 0.3 is 0 Å². The van der Waals surface area contributed by atoms with Gasteiger partial charge in [0.15, 0.2) is 0 Å². The number of phenolic OH excluding ortho intramolecular Hbond substituents is 1. The van der Waals surface area contributed by atoms with Crippen LogP contribution in [0.5, 0.6) is 5.75 Å². The van der Waals surface area contributed by atoms with Gasteiger partial charge in [0.25, 0.3) is 5.91 Å². The normalized spacial score (nSPS) is 10.1. The smallest absolute Gasteiger partial charge is 0.259 e. The van der Waals surface area contributed by atoms with E-state index in [0.29, 0.717) is 5.13 Å². The van der Waals surface area contributed by atoms with Gasteiger partial charge in [-0.15, -0.1) is 10.2 Å². The number of halogens is 1. The molecule has 16 heavy (non-hydrogen) atoms. The lowest BCUT2D eigenvalue weighted by molar-refractivity contribution is 0.102. The number of benzene rings is 1. The van der Waals surface area contributed by atoms with Gasteiger partial charge in [0, 0.05) is 0 Å². The molecule has 0 saturated carbocycles. The highest BCUT2D eigenvalue weighted by molar-refractivity contribution is 7.13. The van der Waals surface area contributed by atoms with Crippen molar-refractivity contribution in [3.63, 3.8) is 0 Å². The highest BCUT2D eigenvalue weighted by atomic mass is 35.5. The number of nitrogens with zero attached hydrogens (tertiary/aromatic N) is 2. The average molecular weight is 256 g/mol. The highest BCUT2D eigenvalue weighted by Crippen LogP contribution is 2.22. The van der Waals surface area contributed by atoms with Gasteiger partial charge in [-0.1, -0.05) is 22.9 Å². The zero-order chi connectivity index (χ0) is 11.5. The van der Waals surface area contributed by atoms with E-state index in [1.54, 1.807) is 0 Å². The zero-order valence-corrected chi connectivity index (χ0v) is 9.42. The minimum absolute atomic E-state index is 0.0215. The molecular weight excluding hydrogens is 250 g/mol. The molecule has 82 valence electrons. The molecule has 0 atom stereocenters. The molecule has 1 aromatic carbocycles. The molecule has 1 amide bonds. The standard InChI is InChI=1S/C9H6ClN3O2S/c10-7-2-1-5(14)3-6(7)8(15)12-9-13-11-4-16-9/h1-4,14H,(H,12,13,15). The van der Waals surface area contributed by atoms with Crippen LogP contribution in [0, 0.1) is 0 Å². The molecule has 0 aliphatic heterocycles. The van der Waals surface area contributed by atoms with Gasteiger partial charge in [-0.25, -0.2) is 0 Å². The molecule has 1 aromatic heterocycles. The van der Waals surface area contributed by atoms with E-state index < -0.39 is 5.91 Å².